The quantitative estimate of drug-likeness (QED) is 0.653. The summed E-state index contributed by atoms with van der Waals surface area (Å²) in [5, 5.41) is 7.03. The summed E-state index contributed by atoms with van der Waals surface area (Å²) in [4.78, 5) is 26.8. The standard InChI is InChI=1S/C22H20F2N4O2/c23-16-5-6-20(24)19(13-16)21(29)15-7-11-27(12-8-15)22(30)26-17-3-1-4-18(14-17)28-10-2-9-25-28/h1-6,9-10,13-15H,7-8,11-12H2,(H,26,30). The maximum absolute atomic E-state index is 13.9. The molecule has 30 heavy (non-hydrogen) atoms. The first kappa shape index (κ1) is 19.8. The molecule has 8 heteroatoms. The molecule has 1 fully saturated rings. The number of urea groups is 1. The second-order valence-electron chi connectivity index (χ2n) is 7.18. The van der Waals surface area contributed by atoms with Gasteiger partial charge in [-0.3, -0.25) is 4.79 Å². The lowest BCUT2D eigenvalue weighted by Gasteiger charge is -2.31. The second-order valence-corrected chi connectivity index (χ2v) is 7.18. The molecule has 0 unspecified atom stereocenters. The lowest BCUT2D eigenvalue weighted by molar-refractivity contribution is 0.0854. The average molecular weight is 410 g/mol. The summed E-state index contributed by atoms with van der Waals surface area (Å²) < 4.78 is 29.0. The minimum atomic E-state index is -0.723. The van der Waals surface area contributed by atoms with Crippen molar-refractivity contribution >= 4 is 17.5 Å². The van der Waals surface area contributed by atoms with Gasteiger partial charge in [0.2, 0.25) is 0 Å². The Bertz CT molecular complexity index is 1060. The maximum Gasteiger partial charge on any atom is 0.321 e. The Morgan fingerprint density at radius 1 is 1.03 bits per heavy atom. The summed E-state index contributed by atoms with van der Waals surface area (Å²) in [6.07, 6.45) is 4.28. The van der Waals surface area contributed by atoms with Gasteiger partial charge in [0, 0.05) is 37.1 Å². The van der Waals surface area contributed by atoms with Crippen molar-refractivity contribution < 1.29 is 18.4 Å². The van der Waals surface area contributed by atoms with Crippen molar-refractivity contribution in [2.24, 2.45) is 5.92 Å². The molecule has 2 heterocycles. The number of Topliss-reactive ketones (excluding diaryl/α,β-unsaturated/α-hetero) is 1. The highest BCUT2D eigenvalue weighted by atomic mass is 19.1. The number of aromatic nitrogens is 2. The van der Waals surface area contributed by atoms with E-state index in [4.69, 9.17) is 0 Å². The summed E-state index contributed by atoms with van der Waals surface area (Å²) in [7, 11) is 0. The van der Waals surface area contributed by atoms with Crippen molar-refractivity contribution in [3.8, 4) is 5.69 Å². The van der Waals surface area contributed by atoms with Crippen LogP contribution in [0.3, 0.4) is 0 Å². The monoisotopic (exact) mass is 410 g/mol. The van der Waals surface area contributed by atoms with E-state index in [1.54, 1.807) is 21.8 Å². The Hall–Kier alpha value is -3.55. The highest BCUT2D eigenvalue weighted by Gasteiger charge is 2.29. The van der Waals surface area contributed by atoms with Crippen molar-refractivity contribution in [3.63, 3.8) is 0 Å². The van der Waals surface area contributed by atoms with Gasteiger partial charge in [-0.1, -0.05) is 6.07 Å². The molecule has 4 rings (SSSR count). The third kappa shape index (κ3) is 4.22. The van der Waals surface area contributed by atoms with Gasteiger partial charge in [0.05, 0.1) is 11.3 Å². The summed E-state index contributed by atoms with van der Waals surface area (Å²) in [6.45, 7) is 0.718. The van der Waals surface area contributed by atoms with Crippen LogP contribution in [0, 0.1) is 17.6 Å². The number of amides is 2. The van der Waals surface area contributed by atoms with Crippen LogP contribution in [0.15, 0.2) is 60.9 Å². The number of rotatable bonds is 4. The third-order valence-corrected chi connectivity index (χ3v) is 5.21. The van der Waals surface area contributed by atoms with Crippen LogP contribution in [0.5, 0.6) is 0 Å². The minimum absolute atomic E-state index is 0.228. The zero-order valence-electron chi connectivity index (χ0n) is 16.1. The Morgan fingerprint density at radius 2 is 1.83 bits per heavy atom. The fourth-order valence-corrected chi connectivity index (χ4v) is 3.60. The number of nitrogens with one attached hydrogen (secondary N) is 1. The molecule has 0 spiro atoms. The second kappa shape index (κ2) is 8.44. The number of piperidine rings is 1. The maximum atomic E-state index is 13.9. The van der Waals surface area contributed by atoms with E-state index in [1.807, 2.05) is 30.5 Å². The molecular weight excluding hydrogens is 390 g/mol. The van der Waals surface area contributed by atoms with Gasteiger partial charge < -0.3 is 10.2 Å². The Kier molecular flexibility index (Phi) is 5.56. The van der Waals surface area contributed by atoms with Crippen LogP contribution in [0.2, 0.25) is 0 Å². The lowest BCUT2D eigenvalue weighted by Crippen LogP contribution is -2.42. The van der Waals surface area contributed by atoms with E-state index in [0.29, 0.717) is 31.6 Å². The molecule has 0 aliphatic carbocycles. The number of ketones is 1. The van der Waals surface area contributed by atoms with Crippen LogP contribution < -0.4 is 5.32 Å². The van der Waals surface area contributed by atoms with Gasteiger partial charge in [0.1, 0.15) is 11.6 Å². The Labute approximate surface area is 172 Å². The van der Waals surface area contributed by atoms with Crippen molar-refractivity contribution in [2.45, 2.75) is 12.8 Å². The smallest absolute Gasteiger partial charge is 0.321 e. The summed E-state index contributed by atoms with van der Waals surface area (Å²) in [5.74, 6) is -2.22. The number of likely N-dealkylation sites (tertiary alicyclic amines) is 1. The predicted molar refractivity (Wildman–Crippen MR) is 108 cm³/mol. The summed E-state index contributed by atoms with van der Waals surface area (Å²) in [5.41, 5.74) is 1.22. The van der Waals surface area contributed by atoms with Crippen molar-refractivity contribution in [1.82, 2.24) is 14.7 Å². The van der Waals surface area contributed by atoms with E-state index < -0.39 is 23.3 Å². The molecule has 0 radical (unpaired) electrons. The van der Waals surface area contributed by atoms with Crippen LogP contribution in [0.25, 0.3) is 5.69 Å². The van der Waals surface area contributed by atoms with Crippen molar-refractivity contribution in [3.05, 3.63) is 78.1 Å². The molecule has 2 aromatic carbocycles. The number of nitrogens with zero attached hydrogens (tertiary/aromatic N) is 3. The predicted octanol–water partition coefficient (Wildman–Crippen LogP) is 4.28. The van der Waals surface area contributed by atoms with Crippen LogP contribution in [0.4, 0.5) is 19.3 Å². The van der Waals surface area contributed by atoms with E-state index >= 15 is 0 Å². The van der Waals surface area contributed by atoms with Gasteiger partial charge >= 0.3 is 6.03 Å². The van der Waals surface area contributed by atoms with Gasteiger partial charge in [-0.25, -0.2) is 18.3 Å². The average Bonchev–Trinajstić information content (AvgIpc) is 3.30. The van der Waals surface area contributed by atoms with Crippen LogP contribution in [-0.2, 0) is 0 Å². The number of anilines is 1. The first-order valence-corrected chi connectivity index (χ1v) is 9.66. The SMILES string of the molecule is O=C(c1cc(F)ccc1F)C1CCN(C(=O)Nc2cccc(-n3cccn3)c2)CC1. The first-order valence-electron chi connectivity index (χ1n) is 9.66. The number of halogens is 2. The molecule has 154 valence electrons. The van der Waals surface area contributed by atoms with Crippen LogP contribution in [0.1, 0.15) is 23.2 Å². The van der Waals surface area contributed by atoms with Crippen molar-refractivity contribution in [2.75, 3.05) is 18.4 Å². The largest absolute Gasteiger partial charge is 0.324 e. The molecule has 6 nitrogen and oxygen atoms in total. The lowest BCUT2D eigenvalue weighted by atomic mass is 9.88. The number of carbonyl (C=O) groups is 2. The number of hydrogen-bond acceptors (Lipinski definition) is 3. The summed E-state index contributed by atoms with van der Waals surface area (Å²) >= 11 is 0. The van der Waals surface area contributed by atoms with Gasteiger partial charge in [0.15, 0.2) is 5.78 Å². The van der Waals surface area contributed by atoms with Crippen LogP contribution >= 0.6 is 0 Å². The molecule has 0 bridgehead atoms. The van der Waals surface area contributed by atoms with Gasteiger partial charge in [-0.15, -0.1) is 0 Å². The third-order valence-electron chi connectivity index (χ3n) is 5.21. The van der Waals surface area contributed by atoms with Crippen molar-refractivity contribution in [1.29, 1.82) is 0 Å². The molecule has 3 aromatic rings. The molecule has 1 N–H and O–H groups in total. The number of carbonyl (C=O) groups excluding carboxylic acids is 2. The Balaban J connectivity index is 1.36. The molecule has 1 aromatic heterocycles. The number of benzene rings is 2. The van der Waals surface area contributed by atoms with E-state index in [0.717, 1.165) is 23.9 Å². The zero-order valence-corrected chi connectivity index (χ0v) is 16.1. The van der Waals surface area contributed by atoms with Gasteiger partial charge in [-0.2, -0.15) is 5.10 Å². The van der Waals surface area contributed by atoms with E-state index in [9.17, 15) is 18.4 Å². The highest BCUT2D eigenvalue weighted by molar-refractivity contribution is 5.98. The molecule has 0 saturated carbocycles. The molecule has 1 aliphatic heterocycles. The minimum Gasteiger partial charge on any atom is -0.324 e. The van der Waals surface area contributed by atoms with E-state index in [-0.39, 0.29) is 11.6 Å². The molecule has 0 atom stereocenters. The first-order chi connectivity index (χ1) is 14.5. The van der Waals surface area contributed by atoms with Gasteiger partial charge in [0.25, 0.3) is 0 Å². The molecule has 1 saturated heterocycles. The van der Waals surface area contributed by atoms with E-state index in [2.05, 4.69) is 10.4 Å². The zero-order chi connectivity index (χ0) is 21.1. The molecule has 1 aliphatic rings. The fraction of sp³-hybridized carbons (Fsp3) is 0.227. The summed E-state index contributed by atoms with van der Waals surface area (Å²) in [6, 6.07) is 11.7. The van der Waals surface area contributed by atoms with E-state index in [1.165, 1.54) is 0 Å². The Morgan fingerprint density at radius 3 is 2.57 bits per heavy atom. The van der Waals surface area contributed by atoms with Gasteiger partial charge in [-0.05, 0) is 55.3 Å². The fourth-order valence-electron chi connectivity index (χ4n) is 3.60. The normalized spacial score (nSPS) is 14.5. The highest BCUT2D eigenvalue weighted by Crippen LogP contribution is 2.24. The molecular formula is C22H20F2N4O2. The number of hydrogen-bond donors (Lipinski definition) is 1. The molecule has 2 amide bonds. The topological polar surface area (TPSA) is 67.2 Å². The van der Waals surface area contributed by atoms with Crippen LogP contribution in [-0.4, -0.2) is 39.6 Å².